The van der Waals surface area contributed by atoms with Crippen molar-refractivity contribution in [2.75, 3.05) is 14.2 Å². The number of hydrogen-bond acceptors (Lipinski definition) is 5. The molecule has 0 amide bonds. The van der Waals surface area contributed by atoms with Crippen molar-refractivity contribution in [3.05, 3.63) is 47.5 Å². The first-order valence-electron chi connectivity index (χ1n) is 7.77. The molecule has 0 aromatic heterocycles. The molecule has 0 aliphatic rings. The van der Waals surface area contributed by atoms with Gasteiger partial charge in [0.1, 0.15) is 5.78 Å². The van der Waals surface area contributed by atoms with E-state index in [-0.39, 0.29) is 17.3 Å². The highest BCUT2D eigenvalue weighted by Gasteiger charge is 2.08. The third-order valence-electron chi connectivity index (χ3n) is 3.87. The van der Waals surface area contributed by atoms with Crippen molar-refractivity contribution < 1.29 is 24.5 Å². The van der Waals surface area contributed by atoms with E-state index >= 15 is 0 Å². The van der Waals surface area contributed by atoms with Crippen molar-refractivity contribution in [2.24, 2.45) is 0 Å². The van der Waals surface area contributed by atoms with Crippen LogP contribution in [0.3, 0.4) is 0 Å². The van der Waals surface area contributed by atoms with Crippen LogP contribution >= 0.6 is 0 Å². The fourth-order valence-corrected chi connectivity index (χ4v) is 2.45. The number of methoxy groups -OCH3 is 2. The van der Waals surface area contributed by atoms with Crippen LogP contribution in [0.15, 0.2) is 36.4 Å². The number of ketones is 1. The number of Topliss-reactive ketones (excluding diaryl/α,β-unsaturated/α-hetero) is 1. The Morgan fingerprint density at radius 1 is 0.833 bits per heavy atom. The molecule has 0 unspecified atom stereocenters. The zero-order valence-corrected chi connectivity index (χ0v) is 13.9. The van der Waals surface area contributed by atoms with Crippen LogP contribution in [0.5, 0.6) is 23.0 Å². The zero-order chi connectivity index (χ0) is 17.5. The molecule has 5 heteroatoms. The quantitative estimate of drug-likeness (QED) is 0.777. The van der Waals surface area contributed by atoms with Gasteiger partial charge in [-0.05, 0) is 48.2 Å². The summed E-state index contributed by atoms with van der Waals surface area (Å²) in [5.41, 5.74) is 1.90. The maximum absolute atomic E-state index is 12.1. The van der Waals surface area contributed by atoms with Crippen molar-refractivity contribution in [3.63, 3.8) is 0 Å². The summed E-state index contributed by atoms with van der Waals surface area (Å²) in [6.45, 7) is 0. The number of hydrogen-bond donors (Lipinski definition) is 2. The number of aromatic hydroxyl groups is 2. The van der Waals surface area contributed by atoms with Crippen LogP contribution in [0.1, 0.15) is 24.0 Å². The van der Waals surface area contributed by atoms with Crippen LogP contribution in [-0.4, -0.2) is 30.2 Å². The zero-order valence-electron chi connectivity index (χ0n) is 13.9. The molecule has 0 aliphatic heterocycles. The van der Waals surface area contributed by atoms with E-state index in [0.717, 1.165) is 11.1 Å². The molecule has 2 aromatic rings. The van der Waals surface area contributed by atoms with E-state index in [9.17, 15) is 15.0 Å². The lowest BCUT2D eigenvalue weighted by atomic mass is 10.0. The maximum Gasteiger partial charge on any atom is 0.160 e. The van der Waals surface area contributed by atoms with E-state index in [2.05, 4.69) is 0 Å². The van der Waals surface area contributed by atoms with Gasteiger partial charge in [0.15, 0.2) is 23.0 Å². The molecule has 0 fully saturated rings. The Bertz CT molecular complexity index is 649. The van der Waals surface area contributed by atoms with Gasteiger partial charge in [-0.2, -0.15) is 0 Å². The number of phenolic OH excluding ortho intramolecular Hbond substituents is 2. The van der Waals surface area contributed by atoms with E-state index in [1.54, 1.807) is 36.4 Å². The minimum Gasteiger partial charge on any atom is -0.504 e. The highest BCUT2D eigenvalue weighted by Crippen LogP contribution is 2.28. The number of carbonyl (C=O) groups is 1. The first-order valence-corrected chi connectivity index (χ1v) is 7.77. The Labute approximate surface area is 141 Å². The number of benzene rings is 2. The van der Waals surface area contributed by atoms with Gasteiger partial charge in [-0.15, -0.1) is 0 Å². The van der Waals surface area contributed by atoms with Crippen LogP contribution in [-0.2, 0) is 17.6 Å². The summed E-state index contributed by atoms with van der Waals surface area (Å²) in [7, 11) is 2.99. The van der Waals surface area contributed by atoms with Crippen molar-refractivity contribution in [1.29, 1.82) is 0 Å². The Hall–Kier alpha value is -2.69. The second kappa shape index (κ2) is 8.24. The van der Waals surface area contributed by atoms with E-state index < -0.39 is 0 Å². The van der Waals surface area contributed by atoms with E-state index in [1.807, 2.05) is 0 Å². The van der Waals surface area contributed by atoms with Gasteiger partial charge in [0.05, 0.1) is 14.2 Å². The molecule has 128 valence electrons. The van der Waals surface area contributed by atoms with E-state index in [0.29, 0.717) is 37.2 Å². The van der Waals surface area contributed by atoms with Crippen molar-refractivity contribution in [3.8, 4) is 23.0 Å². The summed E-state index contributed by atoms with van der Waals surface area (Å²) in [6, 6.07) is 10.2. The molecule has 0 aliphatic carbocycles. The minimum atomic E-state index is 0.0915. The highest BCUT2D eigenvalue weighted by molar-refractivity contribution is 5.79. The Balaban J connectivity index is 1.85. The van der Waals surface area contributed by atoms with Gasteiger partial charge >= 0.3 is 0 Å². The molecule has 2 N–H and O–H groups in total. The summed E-state index contributed by atoms with van der Waals surface area (Å²) < 4.78 is 10.1. The molecule has 24 heavy (non-hydrogen) atoms. The summed E-state index contributed by atoms with van der Waals surface area (Å²) in [5, 5.41) is 19.1. The molecule has 0 radical (unpaired) electrons. The lowest BCUT2D eigenvalue weighted by Crippen LogP contribution is -2.02. The fourth-order valence-electron chi connectivity index (χ4n) is 2.45. The minimum absolute atomic E-state index is 0.0915. The molecule has 0 heterocycles. The molecular formula is C19H22O5. The fraction of sp³-hybridized carbons (Fsp3) is 0.316. The average molecular weight is 330 g/mol. The standard InChI is InChI=1S/C19H22O5/c1-23-18-11-13(5-9-16(18)21)3-7-15(20)8-4-14-6-10-17(22)19(12-14)24-2/h5-6,9-12,21-22H,3-4,7-8H2,1-2H3. The maximum atomic E-state index is 12.1. The Kier molecular flexibility index (Phi) is 6.07. The molecule has 0 saturated heterocycles. The topological polar surface area (TPSA) is 76.0 Å². The molecular weight excluding hydrogens is 308 g/mol. The SMILES string of the molecule is COc1cc(CCC(=O)CCc2ccc(O)c(OC)c2)ccc1O. The number of carbonyl (C=O) groups excluding carboxylic acids is 1. The Morgan fingerprint density at radius 3 is 1.62 bits per heavy atom. The third kappa shape index (κ3) is 4.65. The lowest BCUT2D eigenvalue weighted by Gasteiger charge is -2.08. The molecule has 0 saturated carbocycles. The summed E-state index contributed by atoms with van der Waals surface area (Å²) in [4.78, 5) is 12.1. The van der Waals surface area contributed by atoms with Crippen LogP contribution in [0.4, 0.5) is 0 Å². The molecule has 5 nitrogen and oxygen atoms in total. The second-order valence-electron chi connectivity index (χ2n) is 5.55. The largest absolute Gasteiger partial charge is 0.504 e. The van der Waals surface area contributed by atoms with Crippen molar-refractivity contribution >= 4 is 5.78 Å². The van der Waals surface area contributed by atoms with E-state index in [4.69, 9.17) is 9.47 Å². The predicted octanol–water partition coefficient (Wildman–Crippen LogP) is 3.25. The molecule has 0 atom stereocenters. The van der Waals surface area contributed by atoms with Crippen LogP contribution in [0, 0.1) is 0 Å². The molecule has 0 bridgehead atoms. The number of ether oxygens (including phenoxy) is 2. The normalized spacial score (nSPS) is 10.4. The van der Waals surface area contributed by atoms with Gasteiger partial charge < -0.3 is 19.7 Å². The van der Waals surface area contributed by atoms with Crippen LogP contribution in [0.25, 0.3) is 0 Å². The third-order valence-corrected chi connectivity index (χ3v) is 3.87. The molecule has 2 aromatic carbocycles. The molecule has 0 spiro atoms. The van der Waals surface area contributed by atoms with E-state index in [1.165, 1.54) is 14.2 Å². The first kappa shape index (κ1) is 17.7. The van der Waals surface area contributed by atoms with Gasteiger partial charge in [0, 0.05) is 12.8 Å². The van der Waals surface area contributed by atoms with Gasteiger partial charge in [0.2, 0.25) is 0 Å². The van der Waals surface area contributed by atoms with Crippen LogP contribution < -0.4 is 9.47 Å². The van der Waals surface area contributed by atoms with Crippen LogP contribution in [0.2, 0.25) is 0 Å². The predicted molar refractivity (Wildman–Crippen MR) is 91.0 cm³/mol. The summed E-state index contributed by atoms with van der Waals surface area (Å²) >= 11 is 0. The number of rotatable bonds is 8. The molecule has 2 rings (SSSR count). The van der Waals surface area contributed by atoms with Crippen molar-refractivity contribution in [1.82, 2.24) is 0 Å². The van der Waals surface area contributed by atoms with Gasteiger partial charge in [-0.1, -0.05) is 12.1 Å². The smallest absolute Gasteiger partial charge is 0.160 e. The van der Waals surface area contributed by atoms with Gasteiger partial charge in [-0.25, -0.2) is 0 Å². The lowest BCUT2D eigenvalue weighted by molar-refractivity contribution is -0.119. The second-order valence-corrected chi connectivity index (χ2v) is 5.55. The number of phenols is 2. The average Bonchev–Trinajstić information content (AvgIpc) is 2.60. The number of aryl methyl sites for hydroxylation is 2. The van der Waals surface area contributed by atoms with Gasteiger partial charge in [-0.3, -0.25) is 4.79 Å². The van der Waals surface area contributed by atoms with Crippen molar-refractivity contribution in [2.45, 2.75) is 25.7 Å². The summed E-state index contributed by atoms with van der Waals surface area (Å²) in [6.07, 6.45) is 2.08. The Morgan fingerprint density at radius 2 is 1.25 bits per heavy atom. The monoisotopic (exact) mass is 330 g/mol. The summed E-state index contributed by atoms with van der Waals surface area (Å²) in [5.74, 6) is 1.17. The van der Waals surface area contributed by atoms with Gasteiger partial charge in [0.25, 0.3) is 0 Å². The first-order chi connectivity index (χ1) is 11.5. The highest BCUT2D eigenvalue weighted by atomic mass is 16.5.